The molecule has 1 aliphatic rings. The Labute approximate surface area is 105 Å². The summed E-state index contributed by atoms with van der Waals surface area (Å²) in [5, 5.41) is 20.7. The normalized spacial score (nSPS) is 16.4. The van der Waals surface area contributed by atoms with E-state index in [9.17, 15) is 4.79 Å². The van der Waals surface area contributed by atoms with Crippen LogP contribution in [-0.4, -0.2) is 22.6 Å². The predicted octanol–water partition coefficient (Wildman–Crippen LogP) is 2.01. The number of nitrogens with one attached hydrogen (secondary N) is 1. The summed E-state index contributed by atoms with van der Waals surface area (Å²) in [7, 11) is 0. The third kappa shape index (κ3) is 2.77. The van der Waals surface area contributed by atoms with Crippen molar-refractivity contribution >= 4 is 11.8 Å². The Bertz CT molecular complexity index is 472. The van der Waals surface area contributed by atoms with Crippen LogP contribution in [0.25, 0.3) is 0 Å². The van der Waals surface area contributed by atoms with E-state index in [0.29, 0.717) is 17.9 Å². The summed E-state index contributed by atoms with van der Waals surface area (Å²) >= 11 is 0. The van der Waals surface area contributed by atoms with E-state index >= 15 is 0 Å². The Balaban J connectivity index is 1.93. The standard InChI is InChI=1S/C13H15N3O2/c14-7-10-2-3-11(15-8-10)16-9-13(4-1-5-13)6-12(17)18/h2-3,8H,1,4-6,9H2,(H,15,16)(H,17,18). The molecule has 5 nitrogen and oxygen atoms in total. The third-order valence-corrected chi connectivity index (χ3v) is 3.48. The van der Waals surface area contributed by atoms with Crippen LogP contribution in [0.2, 0.25) is 0 Å². The topological polar surface area (TPSA) is 86.0 Å². The molecule has 1 aliphatic carbocycles. The fourth-order valence-electron chi connectivity index (χ4n) is 2.26. The van der Waals surface area contributed by atoms with E-state index in [1.54, 1.807) is 12.1 Å². The van der Waals surface area contributed by atoms with Gasteiger partial charge in [0.05, 0.1) is 12.0 Å². The lowest BCUT2D eigenvalue weighted by atomic mass is 9.66. The number of anilines is 1. The zero-order chi connectivity index (χ0) is 13.0. The van der Waals surface area contributed by atoms with Crippen LogP contribution in [0.5, 0.6) is 0 Å². The molecule has 1 heterocycles. The van der Waals surface area contributed by atoms with Gasteiger partial charge in [-0.15, -0.1) is 0 Å². The Kier molecular flexibility index (Phi) is 3.47. The summed E-state index contributed by atoms with van der Waals surface area (Å²) in [6.07, 6.45) is 4.70. The van der Waals surface area contributed by atoms with Gasteiger partial charge in [0.2, 0.25) is 0 Å². The highest BCUT2D eigenvalue weighted by molar-refractivity contribution is 5.68. The molecule has 0 unspecified atom stereocenters. The van der Waals surface area contributed by atoms with Crippen molar-refractivity contribution in [2.45, 2.75) is 25.7 Å². The van der Waals surface area contributed by atoms with Gasteiger partial charge in [-0.05, 0) is 30.4 Å². The third-order valence-electron chi connectivity index (χ3n) is 3.48. The number of rotatable bonds is 5. The number of carboxylic acids is 1. The summed E-state index contributed by atoms with van der Waals surface area (Å²) in [6.45, 7) is 0.623. The Morgan fingerprint density at radius 2 is 2.33 bits per heavy atom. The van der Waals surface area contributed by atoms with E-state index in [2.05, 4.69) is 10.3 Å². The summed E-state index contributed by atoms with van der Waals surface area (Å²) in [5.41, 5.74) is 0.394. The van der Waals surface area contributed by atoms with Gasteiger partial charge in [-0.2, -0.15) is 5.26 Å². The van der Waals surface area contributed by atoms with E-state index in [1.165, 1.54) is 6.20 Å². The van der Waals surface area contributed by atoms with E-state index < -0.39 is 5.97 Å². The number of nitriles is 1. The van der Waals surface area contributed by atoms with Crippen molar-refractivity contribution in [2.75, 3.05) is 11.9 Å². The minimum atomic E-state index is -0.746. The van der Waals surface area contributed by atoms with Gasteiger partial charge in [0.25, 0.3) is 0 Å². The second-order valence-electron chi connectivity index (χ2n) is 4.82. The minimum Gasteiger partial charge on any atom is -0.481 e. The SMILES string of the molecule is N#Cc1ccc(NCC2(CC(=O)O)CCC2)nc1. The van der Waals surface area contributed by atoms with Gasteiger partial charge in [-0.1, -0.05) is 6.42 Å². The highest BCUT2D eigenvalue weighted by Gasteiger charge is 2.38. The fraction of sp³-hybridized carbons (Fsp3) is 0.462. The smallest absolute Gasteiger partial charge is 0.303 e. The Morgan fingerprint density at radius 1 is 1.56 bits per heavy atom. The van der Waals surface area contributed by atoms with Gasteiger partial charge in [-0.25, -0.2) is 4.98 Å². The van der Waals surface area contributed by atoms with Crippen LogP contribution in [0.3, 0.4) is 0 Å². The molecule has 1 saturated carbocycles. The molecule has 2 N–H and O–H groups in total. The first kappa shape index (κ1) is 12.4. The van der Waals surface area contributed by atoms with Crippen molar-refractivity contribution in [3.63, 3.8) is 0 Å². The number of pyridine rings is 1. The molecular weight excluding hydrogens is 230 g/mol. The highest BCUT2D eigenvalue weighted by atomic mass is 16.4. The monoisotopic (exact) mass is 245 g/mol. The van der Waals surface area contributed by atoms with E-state index in [1.807, 2.05) is 6.07 Å². The summed E-state index contributed by atoms with van der Waals surface area (Å²) in [5.74, 6) is -0.0602. The zero-order valence-corrected chi connectivity index (χ0v) is 10.0. The van der Waals surface area contributed by atoms with Gasteiger partial charge in [0.1, 0.15) is 11.9 Å². The van der Waals surface area contributed by atoms with Crippen LogP contribution in [0.15, 0.2) is 18.3 Å². The molecule has 1 aromatic heterocycles. The van der Waals surface area contributed by atoms with Crippen molar-refractivity contribution in [1.29, 1.82) is 5.26 Å². The van der Waals surface area contributed by atoms with Gasteiger partial charge in [-0.3, -0.25) is 4.79 Å². The average Bonchev–Trinajstić information content (AvgIpc) is 2.32. The lowest BCUT2D eigenvalue weighted by Gasteiger charge is -2.41. The van der Waals surface area contributed by atoms with Gasteiger partial charge < -0.3 is 10.4 Å². The van der Waals surface area contributed by atoms with Gasteiger partial charge in [0, 0.05) is 12.7 Å². The molecule has 1 aromatic rings. The average molecular weight is 245 g/mol. The molecule has 0 aliphatic heterocycles. The lowest BCUT2D eigenvalue weighted by Crippen LogP contribution is -2.38. The number of hydrogen-bond donors (Lipinski definition) is 2. The molecule has 0 atom stereocenters. The molecule has 0 bridgehead atoms. The van der Waals surface area contributed by atoms with E-state index in [-0.39, 0.29) is 11.8 Å². The Morgan fingerprint density at radius 3 is 2.78 bits per heavy atom. The summed E-state index contributed by atoms with van der Waals surface area (Å²) in [4.78, 5) is 14.9. The molecule has 1 fully saturated rings. The first-order valence-electron chi connectivity index (χ1n) is 5.95. The molecule has 5 heteroatoms. The molecule has 0 saturated heterocycles. The number of aromatic nitrogens is 1. The number of carbonyl (C=O) groups is 1. The fourth-order valence-corrected chi connectivity index (χ4v) is 2.26. The first-order chi connectivity index (χ1) is 8.63. The van der Waals surface area contributed by atoms with Crippen molar-refractivity contribution in [3.8, 4) is 6.07 Å². The molecule has 18 heavy (non-hydrogen) atoms. The minimum absolute atomic E-state index is 0.124. The Hall–Kier alpha value is -2.09. The highest BCUT2D eigenvalue weighted by Crippen LogP contribution is 2.43. The second-order valence-corrected chi connectivity index (χ2v) is 4.82. The number of aliphatic carboxylic acids is 1. The van der Waals surface area contributed by atoms with Crippen molar-refractivity contribution < 1.29 is 9.90 Å². The molecular formula is C13H15N3O2. The maximum absolute atomic E-state index is 10.8. The number of hydrogen-bond acceptors (Lipinski definition) is 4. The van der Waals surface area contributed by atoms with Crippen LogP contribution in [-0.2, 0) is 4.79 Å². The van der Waals surface area contributed by atoms with Crippen molar-refractivity contribution in [1.82, 2.24) is 4.98 Å². The maximum atomic E-state index is 10.8. The second kappa shape index (κ2) is 5.05. The molecule has 2 rings (SSSR count). The summed E-state index contributed by atoms with van der Waals surface area (Å²) < 4.78 is 0. The van der Waals surface area contributed by atoms with E-state index in [0.717, 1.165) is 19.3 Å². The van der Waals surface area contributed by atoms with Crippen LogP contribution in [0.4, 0.5) is 5.82 Å². The van der Waals surface area contributed by atoms with Crippen molar-refractivity contribution in [3.05, 3.63) is 23.9 Å². The molecule has 0 spiro atoms. The number of nitrogens with zero attached hydrogens (tertiary/aromatic N) is 2. The molecule has 0 amide bonds. The molecule has 0 radical (unpaired) electrons. The molecule has 0 aromatic carbocycles. The predicted molar refractivity (Wildman–Crippen MR) is 66.0 cm³/mol. The maximum Gasteiger partial charge on any atom is 0.303 e. The largest absolute Gasteiger partial charge is 0.481 e. The first-order valence-corrected chi connectivity index (χ1v) is 5.95. The molecule has 94 valence electrons. The van der Waals surface area contributed by atoms with Crippen LogP contribution < -0.4 is 5.32 Å². The summed E-state index contributed by atoms with van der Waals surface area (Å²) in [6, 6.07) is 5.44. The van der Waals surface area contributed by atoms with Gasteiger partial charge >= 0.3 is 5.97 Å². The van der Waals surface area contributed by atoms with Crippen molar-refractivity contribution in [2.24, 2.45) is 5.41 Å². The van der Waals surface area contributed by atoms with Crippen LogP contribution >= 0.6 is 0 Å². The van der Waals surface area contributed by atoms with Crippen LogP contribution in [0.1, 0.15) is 31.2 Å². The zero-order valence-electron chi connectivity index (χ0n) is 10.0. The van der Waals surface area contributed by atoms with Crippen LogP contribution in [0, 0.1) is 16.7 Å². The lowest BCUT2D eigenvalue weighted by molar-refractivity contribution is -0.141. The van der Waals surface area contributed by atoms with Gasteiger partial charge in [0.15, 0.2) is 0 Å². The van der Waals surface area contributed by atoms with E-state index in [4.69, 9.17) is 10.4 Å². The quantitative estimate of drug-likeness (QED) is 0.828. The number of carboxylic acid groups (broad SMARTS) is 1.